The number of ether oxygens (including phenoxy) is 2. The number of fused-ring (bicyclic) bond motifs is 3. The topological polar surface area (TPSA) is 54.4 Å². The van der Waals surface area contributed by atoms with Crippen molar-refractivity contribution in [2.45, 2.75) is 13.1 Å². The zero-order valence-electron chi connectivity index (χ0n) is 14.6. The highest BCUT2D eigenvalue weighted by atomic mass is 16.5. The maximum atomic E-state index is 12.5. The molecule has 2 aliphatic heterocycles. The van der Waals surface area contributed by atoms with Crippen LogP contribution >= 0.6 is 0 Å². The van der Waals surface area contributed by atoms with Crippen LogP contribution in [0.25, 0.3) is 6.08 Å². The summed E-state index contributed by atoms with van der Waals surface area (Å²) in [5.41, 5.74) is 2.84. The van der Waals surface area contributed by atoms with E-state index in [2.05, 4.69) is 11.2 Å². The number of hydrogen-bond donors (Lipinski definition) is 0. The Morgan fingerprint density at radius 1 is 1.15 bits per heavy atom. The number of nitrogens with zero attached hydrogens (tertiary/aromatic N) is 3. The summed E-state index contributed by atoms with van der Waals surface area (Å²) in [7, 11) is 1.63. The van der Waals surface area contributed by atoms with Gasteiger partial charge in [0.25, 0.3) is 0 Å². The molecule has 0 aromatic heterocycles. The molecule has 0 bridgehead atoms. The number of carbonyl (C=O) groups excluding carboxylic acids is 1. The smallest absolute Gasteiger partial charge is 0.376 e. The first kappa shape index (κ1) is 16.2. The Morgan fingerprint density at radius 2 is 1.92 bits per heavy atom. The second-order valence-electron chi connectivity index (χ2n) is 5.89. The molecule has 2 aliphatic rings. The molecule has 0 aliphatic carbocycles. The Hall–Kier alpha value is -3.28. The summed E-state index contributed by atoms with van der Waals surface area (Å²) < 4.78 is 10.5. The van der Waals surface area contributed by atoms with Crippen molar-refractivity contribution in [2.75, 3.05) is 23.6 Å². The highest BCUT2D eigenvalue weighted by Gasteiger charge is 2.40. The molecule has 2 aromatic carbocycles. The van der Waals surface area contributed by atoms with E-state index >= 15 is 0 Å². The van der Waals surface area contributed by atoms with E-state index in [-0.39, 0.29) is 12.0 Å². The van der Waals surface area contributed by atoms with Gasteiger partial charge in [0.2, 0.25) is 5.84 Å². The Bertz CT molecular complexity index is 889. The number of methoxy groups -OCH3 is 1. The lowest BCUT2D eigenvalue weighted by atomic mass is 10.1. The molecule has 6 heteroatoms. The zero-order valence-corrected chi connectivity index (χ0v) is 14.6. The van der Waals surface area contributed by atoms with Crippen molar-refractivity contribution in [1.82, 2.24) is 0 Å². The van der Waals surface area contributed by atoms with Crippen molar-refractivity contribution >= 4 is 29.3 Å². The minimum atomic E-state index is -0.432. The lowest BCUT2D eigenvalue weighted by Crippen LogP contribution is -2.45. The number of hydrogen-bond acceptors (Lipinski definition) is 6. The predicted molar refractivity (Wildman–Crippen MR) is 101 cm³/mol. The van der Waals surface area contributed by atoms with Gasteiger partial charge in [0.15, 0.2) is 0 Å². The van der Waals surface area contributed by atoms with E-state index in [9.17, 15) is 4.79 Å². The number of amidine groups is 1. The molecule has 4 rings (SSSR count). The number of para-hydroxylation sites is 1. The molecule has 0 saturated carbocycles. The molecule has 2 heterocycles. The van der Waals surface area contributed by atoms with Gasteiger partial charge in [-0.05, 0) is 48.9 Å². The fourth-order valence-corrected chi connectivity index (χ4v) is 3.19. The van der Waals surface area contributed by atoms with Crippen molar-refractivity contribution in [3.05, 3.63) is 60.2 Å². The van der Waals surface area contributed by atoms with Crippen LogP contribution in [0.3, 0.4) is 0 Å². The summed E-state index contributed by atoms with van der Waals surface area (Å²) in [5.74, 6) is 0.618. The molecule has 1 atom stereocenters. The minimum absolute atomic E-state index is 0.224. The van der Waals surface area contributed by atoms with E-state index < -0.39 is 5.97 Å². The van der Waals surface area contributed by atoms with Gasteiger partial charge >= 0.3 is 5.97 Å². The minimum Gasteiger partial charge on any atom is -0.497 e. The second-order valence-corrected chi connectivity index (χ2v) is 5.89. The average molecular weight is 349 g/mol. The molecule has 0 saturated heterocycles. The molecule has 0 amide bonds. The molecular weight excluding hydrogens is 330 g/mol. The highest BCUT2D eigenvalue weighted by molar-refractivity contribution is 6.42. The van der Waals surface area contributed by atoms with Gasteiger partial charge < -0.3 is 9.47 Å². The molecule has 1 unspecified atom stereocenters. The van der Waals surface area contributed by atoms with Crippen LogP contribution in [-0.4, -0.2) is 31.7 Å². The van der Waals surface area contributed by atoms with Crippen molar-refractivity contribution in [3.63, 3.8) is 0 Å². The van der Waals surface area contributed by atoms with E-state index in [1.165, 1.54) is 0 Å². The molecule has 26 heavy (non-hydrogen) atoms. The van der Waals surface area contributed by atoms with Gasteiger partial charge in [0.05, 0.1) is 25.1 Å². The largest absolute Gasteiger partial charge is 0.497 e. The third-order valence-electron chi connectivity index (χ3n) is 4.38. The Balaban J connectivity index is 1.78. The third-order valence-corrected chi connectivity index (χ3v) is 4.38. The Kier molecular flexibility index (Phi) is 4.08. The Labute approximate surface area is 151 Å². The summed E-state index contributed by atoms with van der Waals surface area (Å²) in [5, 5.41) is 6.40. The average Bonchev–Trinajstić information content (AvgIpc) is 3.08. The van der Waals surface area contributed by atoms with Gasteiger partial charge in [-0.25, -0.2) is 9.80 Å². The van der Waals surface area contributed by atoms with Gasteiger partial charge in [-0.3, -0.25) is 4.90 Å². The molecule has 0 N–H and O–H groups in total. The summed E-state index contributed by atoms with van der Waals surface area (Å²) in [6, 6.07) is 15.5. The van der Waals surface area contributed by atoms with Gasteiger partial charge in [0.1, 0.15) is 11.9 Å². The van der Waals surface area contributed by atoms with Crippen LogP contribution in [0.4, 0.5) is 11.4 Å². The normalized spacial score (nSPS) is 17.5. The van der Waals surface area contributed by atoms with Crippen molar-refractivity contribution in [2.24, 2.45) is 5.10 Å². The van der Waals surface area contributed by atoms with E-state index in [0.717, 1.165) is 22.7 Å². The first-order valence-corrected chi connectivity index (χ1v) is 8.48. The number of anilines is 2. The standard InChI is InChI=1S/C20H19N3O3/c1-3-26-20(24)19-21-23(15-9-11-16(25-2)12-10-15)18-13-8-14-6-4-5-7-17(14)22(18)19/h4-13,18H,3H2,1-2H3. The van der Waals surface area contributed by atoms with E-state index in [1.54, 1.807) is 14.0 Å². The monoisotopic (exact) mass is 349 g/mol. The van der Waals surface area contributed by atoms with Crippen molar-refractivity contribution in [1.29, 1.82) is 0 Å². The molecule has 6 nitrogen and oxygen atoms in total. The number of benzene rings is 2. The maximum absolute atomic E-state index is 12.5. The first-order valence-electron chi connectivity index (χ1n) is 8.48. The zero-order chi connectivity index (χ0) is 18.1. The van der Waals surface area contributed by atoms with Crippen molar-refractivity contribution in [3.8, 4) is 5.75 Å². The predicted octanol–water partition coefficient (Wildman–Crippen LogP) is 3.25. The first-order chi connectivity index (χ1) is 12.7. The highest BCUT2D eigenvalue weighted by Crippen LogP contribution is 2.36. The molecule has 0 radical (unpaired) electrons. The Morgan fingerprint density at radius 3 is 2.65 bits per heavy atom. The fraction of sp³-hybridized carbons (Fsp3) is 0.200. The summed E-state index contributed by atoms with van der Waals surface area (Å²) >= 11 is 0. The van der Waals surface area contributed by atoms with E-state index in [0.29, 0.717) is 6.61 Å². The second kappa shape index (κ2) is 6.55. The molecular formula is C20H19N3O3. The summed E-state index contributed by atoms with van der Waals surface area (Å²) in [6.07, 6.45) is 3.86. The van der Waals surface area contributed by atoms with Crippen LogP contribution in [-0.2, 0) is 9.53 Å². The summed E-state index contributed by atoms with van der Waals surface area (Å²) in [6.45, 7) is 2.09. The number of carbonyl (C=O) groups is 1. The van der Waals surface area contributed by atoms with Crippen LogP contribution in [0.1, 0.15) is 12.5 Å². The van der Waals surface area contributed by atoms with Gasteiger partial charge in [-0.2, -0.15) is 0 Å². The van der Waals surface area contributed by atoms with Crippen LogP contribution in [0.2, 0.25) is 0 Å². The molecule has 2 aromatic rings. The fourth-order valence-electron chi connectivity index (χ4n) is 3.19. The van der Waals surface area contributed by atoms with Gasteiger partial charge in [-0.15, -0.1) is 5.10 Å². The number of hydrazone groups is 1. The van der Waals surface area contributed by atoms with Gasteiger partial charge in [0, 0.05) is 0 Å². The summed E-state index contributed by atoms with van der Waals surface area (Å²) in [4.78, 5) is 14.4. The van der Waals surface area contributed by atoms with E-state index in [4.69, 9.17) is 9.47 Å². The van der Waals surface area contributed by atoms with Crippen molar-refractivity contribution < 1.29 is 14.3 Å². The van der Waals surface area contributed by atoms with Crippen LogP contribution in [0, 0.1) is 0 Å². The van der Waals surface area contributed by atoms with Crippen LogP contribution < -0.4 is 14.6 Å². The van der Waals surface area contributed by atoms with Gasteiger partial charge in [-0.1, -0.05) is 24.3 Å². The number of esters is 1. The molecule has 132 valence electrons. The lowest BCUT2D eigenvalue weighted by Gasteiger charge is -2.32. The molecule has 0 fully saturated rings. The van der Waals surface area contributed by atoms with E-state index in [1.807, 2.05) is 64.5 Å². The van der Waals surface area contributed by atoms with Crippen LogP contribution in [0.15, 0.2) is 59.7 Å². The number of rotatable bonds is 4. The third kappa shape index (κ3) is 2.60. The quantitative estimate of drug-likeness (QED) is 0.793. The maximum Gasteiger partial charge on any atom is 0.376 e. The lowest BCUT2D eigenvalue weighted by molar-refractivity contribution is -0.135. The molecule has 0 spiro atoms. The van der Waals surface area contributed by atoms with Crippen LogP contribution in [0.5, 0.6) is 5.75 Å². The SMILES string of the molecule is CCOC(=O)C1=NN(c2ccc(OC)cc2)C2C=Cc3ccccc3N12.